The fourth-order valence-electron chi connectivity index (χ4n) is 1.02. The molecule has 0 heterocycles. The zero-order valence-electron chi connectivity index (χ0n) is 7.39. The largest absolute Gasteiger partial charge is 0.388 e. The normalized spacial score (nSPS) is 9.58. The lowest BCUT2D eigenvalue weighted by Gasteiger charge is -2.08. The molecule has 0 spiro atoms. The Morgan fingerprint density at radius 3 is 2.75 bits per heavy atom. The van der Waals surface area contributed by atoms with Gasteiger partial charge in [0.05, 0.1) is 0 Å². The summed E-state index contributed by atoms with van der Waals surface area (Å²) < 4.78 is 0. The highest BCUT2D eigenvalue weighted by Crippen LogP contribution is 2.23. The maximum Gasteiger partial charge on any atom is 0.0496 e. The molecular weight excluding hydrogens is 168 g/mol. The van der Waals surface area contributed by atoms with Crippen molar-refractivity contribution in [2.75, 3.05) is 24.2 Å². The van der Waals surface area contributed by atoms with Crippen molar-refractivity contribution in [1.29, 1.82) is 0 Å². The standard InChI is InChI=1S/C9H14N2S/c1-3-11-8-6-7(10-2)4-5-9(8)12/h4-6,10-12H,3H2,1-2H3. The van der Waals surface area contributed by atoms with Crippen LogP contribution in [0, 0.1) is 0 Å². The van der Waals surface area contributed by atoms with Crippen molar-refractivity contribution in [3.63, 3.8) is 0 Å². The smallest absolute Gasteiger partial charge is 0.0496 e. The van der Waals surface area contributed by atoms with E-state index in [1.165, 1.54) is 0 Å². The molecule has 0 saturated heterocycles. The minimum atomic E-state index is 0.917. The fraction of sp³-hybridized carbons (Fsp3) is 0.333. The molecule has 0 bridgehead atoms. The van der Waals surface area contributed by atoms with Crippen LogP contribution in [0.3, 0.4) is 0 Å². The van der Waals surface area contributed by atoms with E-state index in [0.717, 1.165) is 22.8 Å². The number of hydrogen-bond acceptors (Lipinski definition) is 3. The van der Waals surface area contributed by atoms with Gasteiger partial charge in [0.2, 0.25) is 0 Å². The van der Waals surface area contributed by atoms with E-state index in [1.54, 1.807) is 0 Å². The van der Waals surface area contributed by atoms with Gasteiger partial charge < -0.3 is 10.6 Å². The lowest BCUT2D eigenvalue weighted by atomic mass is 10.2. The van der Waals surface area contributed by atoms with Gasteiger partial charge >= 0.3 is 0 Å². The highest BCUT2D eigenvalue weighted by atomic mass is 32.1. The molecule has 1 aromatic carbocycles. The van der Waals surface area contributed by atoms with Gasteiger partial charge in [0, 0.05) is 29.9 Å². The van der Waals surface area contributed by atoms with E-state index in [1.807, 2.05) is 25.2 Å². The molecule has 2 N–H and O–H groups in total. The second kappa shape index (κ2) is 4.26. The lowest BCUT2D eigenvalue weighted by molar-refractivity contribution is 1.19. The van der Waals surface area contributed by atoms with Gasteiger partial charge in [-0.25, -0.2) is 0 Å². The van der Waals surface area contributed by atoms with Crippen LogP contribution >= 0.6 is 12.6 Å². The van der Waals surface area contributed by atoms with Crippen LogP contribution in [0.15, 0.2) is 23.1 Å². The van der Waals surface area contributed by atoms with Gasteiger partial charge in [0.1, 0.15) is 0 Å². The Hall–Kier alpha value is -0.830. The molecule has 1 aromatic rings. The van der Waals surface area contributed by atoms with E-state index in [4.69, 9.17) is 0 Å². The third kappa shape index (κ3) is 2.08. The van der Waals surface area contributed by atoms with Crippen LogP contribution in [-0.2, 0) is 0 Å². The summed E-state index contributed by atoms with van der Waals surface area (Å²) in [7, 11) is 1.91. The van der Waals surface area contributed by atoms with Crippen LogP contribution in [-0.4, -0.2) is 13.6 Å². The van der Waals surface area contributed by atoms with Gasteiger partial charge in [-0.3, -0.25) is 0 Å². The molecule has 12 heavy (non-hydrogen) atoms. The monoisotopic (exact) mass is 182 g/mol. The van der Waals surface area contributed by atoms with E-state index in [0.29, 0.717) is 0 Å². The average Bonchev–Trinajstić information content (AvgIpc) is 2.09. The number of anilines is 2. The maximum absolute atomic E-state index is 4.33. The van der Waals surface area contributed by atoms with E-state index in [-0.39, 0.29) is 0 Å². The van der Waals surface area contributed by atoms with Crippen LogP contribution < -0.4 is 10.6 Å². The summed E-state index contributed by atoms with van der Waals surface area (Å²) in [5, 5.41) is 6.31. The molecule has 0 amide bonds. The van der Waals surface area contributed by atoms with Gasteiger partial charge in [-0.1, -0.05) is 0 Å². The van der Waals surface area contributed by atoms with E-state index >= 15 is 0 Å². The Morgan fingerprint density at radius 1 is 1.42 bits per heavy atom. The third-order valence-corrected chi connectivity index (χ3v) is 2.04. The second-order valence-electron chi connectivity index (χ2n) is 2.51. The SMILES string of the molecule is CCNc1cc(NC)ccc1S. The van der Waals surface area contributed by atoms with Crippen molar-refractivity contribution in [2.45, 2.75) is 11.8 Å². The Labute approximate surface area is 78.8 Å². The number of rotatable bonds is 3. The first-order valence-electron chi connectivity index (χ1n) is 4.02. The molecular formula is C9H14N2S. The van der Waals surface area contributed by atoms with Crippen molar-refractivity contribution >= 4 is 24.0 Å². The minimum Gasteiger partial charge on any atom is -0.388 e. The molecule has 3 heteroatoms. The van der Waals surface area contributed by atoms with Crippen molar-refractivity contribution in [3.8, 4) is 0 Å². The fourth-order valence-corrected chi connectivity index (χ4v) is 1.24. The van der Waals surface area contributed by atoms with Crippen LogP contribution in [0.4, 0.5) is 11.4 Å². The van der Waals surface area contributed by atoms with E-state index in [9.17, 15) is 0 Å². The minimum absolute atomic E-state index is 0.917. The topological polar surface area (TPSA) is 24.1 Å². The van der Waals surface area contributed by atoms with Gasteiger partial charge in [0.25, 0.3) is 0 Å². The Morgan fingerprint density at radius 2 is 2.17 bits per heavy atom. The van der Waals surface area contributed by atoms with Gasteiger partial charge in [-0.2, -0.15) is 0 Å². The Bertz CT molecular complexity index is 261. The second-order valence-corrected chi connectivity index (χ2v) is 2.99. The zero-order chi connectivity index (χ0) is 8.97. The molecule has 0 radical (unpaired) electrons. The van der Waals surface area contributed by atoms with Gasteiger partial charge in [-0.15, -0.1) is 12.6 Å². The molecule has 0 atom stereocenters. The number of benzene rings is 1. The van der Waals surface area contributed by atoms with Crippen LogP contribution in [0.25, 0.3) is 0 Å². The third-order valence-electron chi connectivity index (χ3n) is 1.65. The van der Waals surface area contributed by atoms with Crippen molar-refractivity contribution in [2.24, 2.45) is 0 Å². The molecule has 1 rings (SSSR count). The van der Waals surface area contributed by atoms with Crippen LogP contribution in [0.2, 0.25) is 0 Å². The summed E-state index contributed by atoms with van der Waals surface area (Å²) in [5.41, 5.74) is 2.18. The molecule has 0 saturated carbocycles. The molecule has 0 unspecified atom stereocenters. The van der Waals surface area contributed by atoms with Crippen molar-refractivity contribution < 1.29 is 0 Å². The Kier molecular flexibility index (Phi) is 3.29. The molecule has 0 aromatic heterocycles. The number of nitrogens with one attached hydrogen (secondary N) is 2. The summed E-state index contributed by atoms with van der Waals surface area (Å²) >= 11 is 4.33. The molecule has 0 aliphatic heterocycles. The quantitative estimate of drug-likeness (QED) is 0.625. The number of thiol groups is 1. The average molecular weight is 182 g/mol. The first kappa shape index (κ1) is 9.26. The summed E-state index contributed by atoms with van der Waals surface area (Å²) in [6, 6.07) is 6.03. The number of hydrogen-bond donors (Lipinski definition) is 3. The molecule has 0 aliphatic carbocycles. The maximum atomic E-state index is 4.33. The predicted octanol–water partition coefficient (Wildman–Crippen LogP) is 2.45. The first-order valence-corrected chi connectivity index (χ1v) is 4.47. The summed E-state index contributed by atoms with van der Waals surface area (Å²) in [6.07, 6.45) is 0. The predicted molar refractivity (Wildman–Crippen MR) is 57.4 cm³/mol. The van der Waals surface area contributed by atoms with Gasteiger partial charge in [0.15, 0.2) is 0 Å². The Balaban J connectivity index is 2.91. The summed E-state index contributed by atoms with van der Waals surface area (Å²) in [4.78, 5) is 0.982. The lowest BCUT2D eigenvalue weighted by Crippen LogP contribution is -1.98. The van der Waals surface area contributed by atoms with Gasteiger partial charge in [-0.05, 0) is 25.1 Å². The highest BCUT2D eigenvalue weighted by molar-refractivity contribution is 7.80. The molecule has 66 valence electrons. The molecule has 2 nitrogen and oxygen atoms in total. The summed E-state index contributed by atoms with van der Waals surface area (Å²) in [6.45, 7) is 2.99. The molecule has 0 fully saturated rings. The van der Waals surface area contributed by atoms with Crippen molar-refractivity contribution in [1.82, 2.24) is 0 Å². The highest BCUT2D eigenvalue weighted by Gasteiger charge is 1.97. The zero-order valence-corrected chi connectivity index (χ0v) is 8.28. The van der Waals surface area contributed by atoms with E-state index < -0.39 is 0 Å². The first-order chi connectivity index (χ1) is 5.77. The van der Waals surface area contributed by atoms with E-state index in [2.05, 4.69) is 30.2 Å². The van der Waals surface area contributed by atoms with Crippen molar-refractivity contribution in [3.05, 3.63) is 18.2 Å². The van der Waals surface area contributed by atoms with Crippen LogP contribution in [0.1, 0.15) is 6.92 Å². The van der Waals surface area contributed by atoms with Crippen LogP contribution in [0.5, 0.6) is 0 Å². The molecule has 0 aliphatic rings. The summed E-state index contributed by atoms with van der Waals surface area (Å²) in [5.74, 6) is 0.